The number of carboxylic acids is 1. The van der Waals surface area contributed by atoms with E-state index < -0.39 is 5.97 Å². The van der Waals surface area contributed by atoms with Gasteiger partial charge in [0.05, 0.1) is 11.1 Å². The van der Waals surface area contributed by atoms with E-state index in [-0.39, 0.29) is 12.7 Å². The van der Waals surface area contributed by atoms with Gasteiger partial charge >= 0.3 is 5.97 Å². The van der Waals surface area contributed by atoms with E-state index in [1.165, 1.54) is 4.88 Å². The number of thiazole rings is 1. The van der Waals surface area contributed by atoms with Gasteiger partial charge in [-0.15, -0.1) is 11.3 Å². The van der Waals surface area contributed by atoms with Crippen LogP contribution in [0.25, 0.3) is 0 Å². The van der Waals surface area contributed by atoms with Gasteiger partial charge in [-0.1, -0.05) is 0 Å². The van der Waals surface area contributed by atoms with E-state index >= 15 is 0 Å². The van der Waals surface area contributed by atoms with Crippen molar-refractivity contribution < 1.29 is 14.6 Å². The summed E-state index contributed by atoms with van der Waals surface area (Å²) >= 11 is 1.73. The molecule has 0 bridgehead atoms. The molecule has 5 nitrogen and oxygen atoms in total. The summed E-state index contributed by atoms with van der Waals surface area (Å²) in [7, 11) is 0. The summed E-state index contributed by atoms with van der Waals surface area (Å²) in [6, 6.07) is 0. The number of likely N-dealkylation sites (tertiary alicyclic amines) is 1. The maximum atomic E-state index is 10.4. The van der Waals surface area contributed by atoms with Crippen LogP contribution in [-0.4, -0.2) is 46.8 Å². The molecule has 1 aromatic heterocycles. The molecule has 0 saturated carbocycles. The fraction of sp³-hybridized carbons (Fsp3) is 0.667. The Morgan fingerprint density at radius 2 is 2.33 bits per heavy atom. The Hall–Kier alpha value is -0.980. The third kappa shape index (κ3) is 4.04. The molecule has 1 N–H and O–H groups in total. The van der Waals surface area contributed by atoms with Gasteiger partial charge in [0.1, 0.15) is 6.61 Å². The van der Waals surface area contributed by atoms with E-state index in [9.17, 15) is 4.79 Å². The highest BCUT2D eigenvalue weighted by atomic mass is 32.1. The second-order valence-corrected chi connectivity index (χ2v) is 5.85. The van der Waals surface area contributed by atoms with Gasteiger partial charge in [-0.05, 0) is 19.8 Å². The van der Waals surface area contributed by atoms with Crippen LogP contribution in [0.1, 0.15) is 22.7 Å². The minimum absolute atomic E-state index is 0.0977. The molecule has 1 aromatic rings. The zero-order valence-corrected chi connectivity index (χ0v) is 11.3. The van der Waals surface area contributed by atoms with Gasteiger partial charge in [0.15, 0.2) is 0 Å². The minimum atomic E-state index is -0.891. The monoisotopic (exact) mass is 270 g/mol. The van der Waals surface area contributed by atoms with E-state index in [4.69, 9.17) is 9.84 Å². The van der Waals surface area contributed by atoms with Crippen molar-refractivity contribution in [2.24, 2.45) is 0 Å². The molecule has 1 aliphatic rings. The summed E-state index contributed by atoms with van der Waals surface area (Å²) in [5.41, 5.74) is 0. The first-order valence-electron chi connectivity index (χ1n) is 6.10. The van der Waals surface area contributed by atoms with Crippen LogP contribution in [0.2, 0.25) is 0 Å². The molecular weight excluding hydrogens is 252 g/mol. The Bertz CT molecular complexity index is 400. The molecule has 100 valence electrons. The van der Waals surface area contributed by atoms with E-state index in [1.807, 2.05) is 13.1 Å². The first kappa shape index (κ1) is 13.5. The average molecular weight is 270 g/mol. The summed E-state index contributed by atoms with van der Waals surface area (Å²) in [5, 5.41) is 9.65. The number of aryl methyl sites for hydroxylation is 1. The molecule has 0 spiro atoms. The van der Waals surface area contributed by atoms with Crippen LogP contribution in [0.3, 0.4) is 0 Å². The summed E-state index contributed by atoms with van der Waals surface area (Å²) in [5.74, 6) is -0.891. The highest BCUT2D eigenvalue weighted by Crippen LogP contribution is 2.19. The van der Waals surface area contributed by atoms with Crippen molar-refractivity contribution in [3.05, 3.63) is 16.1 Å². The van der Waals surface area contributed by atoms with E-state index in [2.05, 4.69) is 9.88 Å². The number of nitrogens with zero attached hydrogens (tertiary/aromatic N) is 2. The maximum absolute atomic E-state index is 10.4. The number of hydrogen-bond acceptors (Lipinski definition) is 5. The topological polar surface area (TPSA) is 62.7 Å². The van der Waals surface area contributed by atoms with Crippen LogP contribution in [-0.2, 0) is 16.1 Å². The summed E-state index contributed by atoms with van der Waals surface area (Å²) in [4.78, 5) is 18.3. The van der Waals surface area contributed by atoms with Gasteiger partial charge < -0.3 is 9.84 Å². The quantitative estimate of drug-likeness (QED) is 0.879. The van der Waals surface area contributed by atoms with Gasteiger partial charge in [0.25, 0.3) is 0 Å². The van der Waals surface area contributed by atoms with Crippen molar-refractivity contribution in [2.75, 3.05) is 19.7 Å². The Morgan fingerprint density at radius 3 is 2.89 bits per heavy atom. The molecule has 6 heteroatoms. The van der Waals surface area contributed by atoms with Crippen LogP contribution in [0.15, 0.2) is 6.20 Å². The fourth-order valence-electron chi connectivity index (χ4n) is 2.12. The van der Waals surface area contributed by atoms with E-state index in [0.717, 1.165) is 37.5 Å². The summed E-state index contributed by atoms with van der Waals surface area (Å²) in [6.07, 6.45) is 3.85. The van der Waals surface area contributed by atoms with Crippen molar-refractivity contribution in [2.45, 2.75) is 32.4 Å². The highest BCUT2D eigenvalue weighted by molar-refractivity contribution is 7.11. The second kappa shape index (κ2) is 6.26. The smallest absolute Gasteiger partial charge is 0.329 e. The Labute approximate surface area is 110 Å². The predicted molar refractivity (Wildman–Crippen MR) is 68.7 cm³/mol. The molecule has 0 unspecified atom stereocenters. The number of carbonyl (C=O) groups is 1. The highest BCUT2D eigenvalue weighted by Gasteiger charge is 2.20. The Kier molecular flexibility index (Phi) is 4.68. The standard InChI is InChI=1S/C12H18N2O3S/c1-9-13-6-11(18-9)7-14-4-2-10(3-5-14)17-8-12(15)16/h6,10H,2-5,7-8H2,1H3,(H,15,16). The van der Waals surface area contributed by atoms with Crippen molar-refractivity contribution in [1.82, 2.24) is 9.88 Å². The number of carboxylic acid groups (broad SMARTS) is 1. The first-order valence-corrected chi connectivity index (χ1v) is 6.92. The van der Waals surface area contributed by atoms with Gasteiger partial charge in [0.2, 0.25) is 0 Å². The van der Waals surface area contributed by atoms with Gasteiger partial charge in [0, 0.05) is 30.7 Å². The number of rotatable bonds is 5. The molecule has 0 radical (unpaired) electrons. The molecule has 1 fully saturated rings. The van der Waals surface area contributed by atoms with Crippen LogP contribution in [0.5, 0.6) is 0 Å². The third-order valence-corrected chi connectivity index (χ3v) is 3.92. The largest absolute Gasteiger partial charge is 0.480 e. The lowest BCUT2D eigenvalue weighted by atomic mass is 10.1. The Balaban J connectivity index is 1.71. The lowest BCUT2D eigenvalue weighted by molar-refractivity contribution is -0.145. The molecule has 0 atom stereocenters. The molecule has 0 amide bonds. The van der Waals surface area contributed by atoms with E-state index in [1.54, 1.807) is 11.3 Å². The zero-order chi connectivity index (χ0) is 13.0. The molecule has 1 aliphatic heterocycles. The van der Waals surface area contributed by atoms with Crippen molar-refractivity contribution >= 4 is 17.3 Å². The SMILES string of the molecule is Cc1ncc(CN2CCC(OCC(=O)O)CC2)s1. The molecule has 2 heterocycles. The first-order chi connectivity index (χ1) is 8.63. The molecule has 1 saturated heterocycles. The molecule has 18 heavy (non-hydrogen) atoms. The third-order valence-electron chi connectivity index (χ3n) is 3.03. The molecular formula is C12H18N2O3S. The number of ether oxygens (including phenoxy) is 1. The lowest BCUT2D eigenvalue weighted by Gasteiger charge is -2.31. The molecule has 0 aromatic carbocycles. The van der Waals surface area contributed by atoms with Crippen molar-refractivity contribution in [3.63, 3.8) is 0 Å². The molecule has 2 rings (SSSR count). The predicted octanol–water partition coefficient (Wildman–Crippen LogP) is 1.52. The zero-order valence-electron chi connectivity index (χ0n) is 10.5. The van der Waals surface area contributed by atoms with Crippen LogP contribution in [0.4, 0.5) is 0 Å². The number of piperidine rings is 1. The lowest BCUT2D eigenvalue weighted by Crippen LogP contribution is -2.37. The summed E-state index contributed by atoms with van der Waals surface area (Å²) in [6.45, 7) is 4.69. The maximum Gasteiger partial charge on any atom is 0.329 e. The van der Waals surface area contributed by atoms with Gasteiger partial charge in [-0.2, -0.15) is 0 Å². The minimum Gasteiger partial charge on any atom is -0.480 e. The average Bonchev–Trinajstić information content (AvgIpc) is 2.74. The van der Waals surface area contributed by atoms with Crippen molar-refractivity contribution in [3.8, 4) is 0 Å². The Morgan fingerprint density at radius 1 is 1.61 bits per heavy atom. The number of hydrogen-bond donors (Lipinski definition) is 1. The number of aromatic nitrogens is 1. The summed E-state index contributed by atoms with van der Waals surface area (Å²) < 4.78 is 5.31. The van der Waals surface area contributed by atoms with Crippen LogP contribution in [0, 0.1) is 6.92 Å². The molecule has 0 aliphatic carbocycles. The fourth-order valence-corrected chi connectivity index (χ4v) is 2.96. The van der Waals surface area contributed by atoms with Gasteiger partial charge in [-0.3, -0.25) is 4.90 Å². The van der Waals surface area contributed by atoms with E-state index in [0.29, 0.717) is 0 Å². The number of aliphatic carboxylic acids is 1. The van der Waals surface area contributed by atoms with Gasteiger partial charge in [-0.25, -0.2) is 9.78 Å². The van der Waals surface area contributed by atoms with Crippen LogP contribution < -0.4 is 0 Å². The second-order valence-electron chi connectivity index (χ2n) is 4.53. The van der Waals surface area contributed by atoms with Crippen molar-refractivity contribution in [1.29, 1.82) is 0 Å². The van der Waals surface area contributed by atoms with Crippen LogP contribution >= 0.6 is 11.3 Å². The normalized spacial score (nSPS) is 18.1.